The van der Waals surface area contributed by atoms with Gasteiger partial charge in [-0.05, 0) is 38.5 Å². The van der Waals surface area contributed by atoms with Crippen molar-refractivity contribution in [3.05, 3.63) is 0 Å². The zero-order chi connectivity index (χ0) is 25.5. The molecule has 4 N–H and O–H groups in total. The lowest BCUT2D eigenvalue weighted by Gasteiger charge is -2.02. The minimum atomic E-state index is -0.939. The normalized spacial score (nSPS) is 9.64. The van der Waals surface area contributed by atoms with Crippen molar-refractivity contribution in [3.8, 4) is 0 Å². The molecule has 0 spiro atoms. The zero-order valence-electron chi connectivity index (χ0n) is 18.1. The molecule has 0 fully saturated rings. The molecule has 14 nitrogen and oxygen atoms in total. The molecule has 0 saturated carbocycles. The number of carboxylic acids is 2. The highest BCUT2D eigenvalue weighted by molar-refractivity contribution is 5.73. The number of carboxylic acid groups (broad SMARTS) is 2. The number of hydrogen-bond donors (Lipinski definition) is 4. The SMILES string of the molecule is O=C(CCCCCC(=O)OO)OO.O=C(O)CCCCC(=O)OOC(=O)CCCCC(=O)O. The first-order chi connectivity index (χ1) is 15.6. The summed E-state index contributed by atoms with van der Waals surface area (Å²) in [4.78, 5) is 78.6. The van der Waals surface area contributed by atoms with Crippen molar-refractivity contribution in [2.24, 2.45) is 0 Å². The molecule has 0 aliphatic rings. The van der Waals surface area contributed by atoms with Gasteiger partial charge in [0.05, 0.1) is 12.8 Å². The van der Waals surface area contributed by atoms with Crippen LogP contribution in [0.3, 0.4) is 0 Å². The van der Waals surface area contributed by atoms with Gasteiger partial charge in [-0.3, -0.25) is 9.59 Å². The monoisotopic (exact) mass is 482 g/mol. The minimum Gasteiger partial charge on any atom is -0.481 e. The van der Waals surface area contributed by atoms with Crippen LogP contribution in [0.1, 0.15) is 83.5 Å². The molecule has 0 amide bonds. The van der Waals surface area contributed by atoms with Crippen molar-refractivity contribution in [2.75, 3.05) is 0 Å². The molecule has 0 aliphatic heterocycles. The molecule has 0 rings (SSSR count). The number of unbranched alkanes of at least 4 members (excludes halogenated alkanes) is 4. The fraction of sp³-hybridized carbons (Fsp3) is 0.684. The predicted molar refractivity (Wildman–Crippen MR) is 105 cm³/mol. The van der Waals surface area contributed by atoms with Crippen molar-refractivity contribution < 1.29 is 69.0 Å². The topological polar surface area (TPSA) is 220 Å². The van der Waals surface area contributed by atoms with E-state index in [-0.39, 0.29) is 38.5 Å². The summed E-state index contributed by atoms with van der Waals surface area (Å²) in [5.74, 6) is -4.74. The molecule has 0 aliphatic carbocycles. The van der Waals surface area contributed by atoms with E-state index in [1.807, 2.05) is 0 Å². The van der Waals surface area contributed by atoms with Crippen LogP contribution in [0.25, 0.3) is 0 Å². The average Bonchev–Trinajstić information content (AvgIpc) is 2.77. The minimum absolute atomic E-state index is 0.0282. The highest BCUT2D eigenvalue weighted by Gasteiger charge is 2.10. The molecule has 0 aromatic rings. The third-order valence-corrected chi connectivity index (χ3v) is 3.74. The molecular formula is C19H30O14. The molecular weight excluding hydrogens is 452 g/mol. The van der Waals surface area contributed by atoms with Gasteiger partial charge in [0.15, 0.2) is 0 Å². The van der Waals surface area contributed by atoms with Crippen LogP contribution in [0.4, 0.5) is 0 Å². The lowest BCUT2D eigenvalue weighted by Crippen LogP contribution is -2.11. The van der Waals surface area contributed by atoms with E-state index >= 15 is 0 Å². The first-order valence-corrected chi connectivity index (χ1v) is 10.1. The first-order valence-electron chi connectivity index (χ1n) is 10.1. The molecule has 0 aromatic carbocycles. The van der Waals surface area contributed by atoms with Crippen molar-refractivity contribution in [3.63, 3.8) is 0 Å². The van der Waals surface area contributed by atoms with E-state index < -0.39 is 35.8 Å². The van der Waals surface area contributed by atoms with Gasteiger partial charge in [-0.25, -0.2) is 29.0 Å². The third kappa shape index (κ3) is 26.7. The fourth-order valence-electron chi connectivity index (χ4n) is 2.07. The van der Waals surface area contributed by atoms with Crippen molar-refractivity contribution in [1.29, 1.82) is 0 Å². The van der Waals surface area contributed by atoms with Gasteiger partial charge in [0.25, 0.3) is 0 Å². The second kappa shape index (κ2) is 22.0. The Morgan fingerprint density at radius 1 is 0.424 bits per heavy atom. The maximum atomic E-state index is 11.1. The number of carbonyl (C=O) groups excluding carboxylic acids is 4. The van der Waals surface area contributed by atoms with Gasteiger partial charge in [0.1, 0.15) is 0 Å². The number of hydrogen-bond acceptors (Lipinski definition) is 12. The number of aliphatic carboxylic acids is 2. The molecule has 0 saturated heterocycles. The number of rotatable bonds is 16. The average molecular weight is 482 g/mol. The fourth-order valence-corrected chi connectivity index (χ4v) is 2.07. The zero-order valence-corrected chi connectivity index (χ0v) is 18.1. The first kappa shape index (κ1) is 31.9. The summed E-state index contributed by atoms with van der Waals surface area (Å²) in [5.41, 5.74) is 0. The highest BCUT2D eigenvalue weighted by atomic mass is 17.2. The Labute approximate surface area is 189 Å². The van der Waals surface area contributed by atoms with Crippen LogP contribution >= 0.6 is 0 Å². The molecule has 33 heavy (non-hydrogen) atoms. The van der Waals surface area contributed by atoms with Crippen LogP contribution in [0.2, 0.25) is 0 Å². The van der Waals surface area contributed by atoms with E-state index in [9.17, 15) is 28.8 Å². The summed E-state index contributed by atoms with van der Waals surface area (Å²) in [6.45, 7) is 0. The van der Waals surface area contributed by atoms with E-state index in [1.165, 1.54) is 0 Å². The van der Waals surface area contributed by atoms with Crippen molar-refractivity contribution in [1.82, 2.24) is 0 Å². The van der Waals surface area contributed by atoms with Gasteiger partial charge in [-0.1, -0.05) is 6.42 Å². The second-order valence-electron chi connectivity index (χ2n) is 6.60. The van der Waals surface area contributed by atoms with Gasteiger partial charge in [0, 0.05) is 25.7 Å². The van der Waals surface area contributed by atoms with E-state index in [1.54, 1.807) is 0 Å². The Morgan fingerprint density at radius 2 is 0.697 bits per heavy atom. The highest BCUT2D eigenvalue weighted by Crippen LogP contribution is 2.05. The van der Waals surface area contributed by atoms with Gasteiger partial charge in [-0.2, -0.15) is 10.5 Å². The third-order valence-electron chi connectivity index (χ3n) is 3.74. The van der Waals surface area contributed by atoms with Crippen LogP contribution in [0.15, 0.2) is 0 Å². The molecule has 0 bridgehead atoms. The molecule has 0 aromatic heterocycles. The summed E-state index contributed by atoms with van der Waals surface area (Å²) in [6.07, 6.45) is 3.14. The Bertz CT molecular complexity index is 564. The summed E-state index contributed by atoms with van der Waals surface area (Å²) in [7, 11) is 0. The standard InChI is InChI=1S/C12H18O8.C7H12O6/c13-9(14)5-1-3-7-11(17)19-20-12(18)8-4-2-6-10(15)16;8-6(12-10)4-2-1-3-5-7(9)13-11/h1-8H2,(H,13,14)(H,15,16);10-11H,1-5H2. The molecule has 0 atom stereocenters. The maximum Gasteiger partial charge on any atom is 0.355 e. The van der Waals surface area contributed by atoms with E-state index in [0.29, 0.717) is 44.9 Å². The molecule has 190 valence electrons. The van der Waals surface area contributed by atoms with Gasteiger partial charge in [0.2, 0.25) is 0 Å². The van der Waals surface area contributed by atoms with Crippen LogP contribution in [-0.2, 0) is 48.3 Å². The Balaban J connectivity index is 0. The van der Waals surface area contributed by atoms with Gasteiger partial charge >= 0.3 is 35.8 Å². The summed E-state index contributed by atoms with van der Waals surface area (Å²) >= 11 is 0. The molecule has 14 heteroatoms. The lowest BCUT2D eigenvalue weighted by atomic mass is 10.1. The Morgan fingerprint density at radius 3 is 1.00 bits per heavy atom. The molecule has 0 radical (unpaired) electrons. The van der Waals surface area contributed by atoms with E-state index in [4.69, 9.17) is 20.7 Å². The van der Waals surface area contributed by atoms with Crippen LogP contribution in [-0.4, -0.2) is 56.5 Å². The lowest BCUT2D eigenvalue weighted by molar-refractivity contribution is -0.259. The van der Waals surface area contributed by atoms with Crippen LogP contribution in [0, 0.1) is 0 Å². The van der Waals surface area contributed by atoms with Crippen LogP contribution < -0.4 is 0 Å². The van der Waals surface area contributed by atoms with Crippen molar-refractivity contribution in [2.45, 2.75) is 83.5 Å². The largest absolute Gasteiger partial charge is 0.481 e. The molecule has 0 heterocycles. The second-order valence-corrected chi connectivity index (χ2v) is 6.60. The van der Waals surface area contributed by atoms with E-state index in [2.05, 4.69) is 19.6 Å². The Kier molecular flexibility index (Phi) is 21.2. The van der Waals surface area contributed by atoms with Gasteiger partial charge < -0.3 is 20.0 Å². The summed E-state index contributed by atoms with van der Waals surface area (Å²) in [5, 5.41) is 32.5. The number of carbonyl (C=O) groups is 6. The van der Waals surface area contributed by atoms with Crippen LogP contribution in [0.5, 0.6) is 0 Å². The summed E-state index contributed by atoms with van der Waals surface area (Å²) < 4.78 is 0. The summed E-state index contributed by atoms with van der Waals surface area (Å²) in [6, 6.07) is 0. The quantitative estimate of drug-likeness (QED) is 0.141. The molecule has 0 unspecified atom stereocenters. The van der Waals surface area contributed by atoms with Crippen molar-refractivity contribution >= 4 is 35.8 Å². The smallest absolute Gasteiger partial charge is 0.355 e. The Hall–Kier alpha value is -3.26. The maximum absolute atomic E-state index is 11.1. The predicted octanol–water partition coefficient (Wildman–Crippen LogP) is 2.25. The van der Waals surface area contributed by atoms with E-state index in [0.717, 1.165) is 0 Å². The van der Waals surface area contributed by atoms with Gasteiger partial charge in [-0.15, -0.1) is 0 Å².